The summed E-state index contributed by atoms with van der Waals surface area (Å²) in [6.07, 6.45) is 2.74. The second kappa shape index (κ2) is 7.42. The van der Waals surface area contributed by atoms with Crippen molar-refractivity contribution in [1.29, 1.82) is 0 Å². The van der Waals surface area contributed by atoms with Gasteiger partial charge >= 0.3 is 0 Å². The standard InChI is InChI=1S/C21H26O/c1-4-17(2)20(16-15-18-11-7-5-8-12-18)21(3,22)19-13-9-6-10-14-19/h5-14,20,22H,2,4,15-16H2,1,3H3. The van der Waals surface area contributed by atoms with Crippen LogP contribution in [0.15, 0.2) is 72.8 Å². The summed E-state index contributed by atoms with van der Waals surface area (Å²) in [7, 11) is 0. The molecule has 0 bridgehead atoms. The summed E-state index contributed by atoms with van der Waals surface area (Å²) in [5.74, 6) is 0.0557. The first-order valence-electron chi connectivity index (χ1n) is 8.05. The van der Waals surface area contributed by atoms with Crippen LogP contribution in [0.3, 0.4) is 0 Å². The van der Waals surface area contributed by atoms with Crippen LogP contribution in [0.4, 0.5) is 0 Å². The van der Waals surface area contributed by atoms with E-state index in [-0.39, 0.29) is 5.92 Å². The van der Waals surface area contributed by atoms with Crippen molar-refractivity contribution in [2.45, 2.75) is 38.7 Å². The van der Waals surface area contributed by atoms with Gasteiger partial charge in [0, 0.05) is 5.92 Å². The van der Waals surface area contributed by atoms with E-state index in [1.165, 1.54) is 5.56 Å². The van der Waals surface area contributed by atoms with Gasteiger partial charge in [-0.1, -0.05) is 79.7 Å². The van der Waals surface area contributed by atoms with Crippen LogP contribution in [0.25, 0.3) is 0 Å². The molecule has 1 nitrogen and oxygen atoms in total. The van der Waals surface area contributed by atoms with Crippen LogP contribution in [-0.2, 0) is 12.0 Å². The van der Waals surface area contributed by atoms with E-state index in [2.05, 4.69) is 37.8 Å². The average molecular weight is 294 g/mol. The van der Waals surface area contributed by atoms with Crippen molar-refractivity contribution < 1.29 is 5.11 Å². The van der Waals surface area contributed by atoms with Gasteiger partial charge in [0.1, 0.15) is 0 Å². The first-order chi connectivity index (χ1) is 10.6. The van der Waals surface area contributed by atoms with E-state index in [4.69, 9.17) is 0 Å². The van der Waals surface area contributed by atoms with Crippen LogP contribution in [0.5, 0.6) is 0 Å². The Labute approximate surface area is 134 Å². The van der Waals surface area contributed by atoms with Crippen LogP contribution in [0.1, 0.15) is 37.8 Å². The fourth-order valence-corrected chi connectivity index (χ4v) is 3.06. The zero-order chi connectivity index (χ0) is 16.0. The van der Waals surface area contributed by atoms with Gasteiger partial charge in [-0.05, 0) is 37.3 Å². The van der Waals surface area contributed by atoms with Crippen molar-refractivity contribution in [2.75, 3.05) is 0 Å². The normalized spacial score (nSPS) is 15.0. The SMILES string of the molecule is C=C(CC)C(CCc1ccccc1)C(C)(O)c1ccccc1. The third-order valence-corrected chi connectivity index (χ3v) is 4.55. The molecule has 0 radical (unpaired) electrons. The second-order valence-electron chi connectivity index (χ2n) is 6.10. The minimum absolute atomic E-state index is 0.0557. The molecule has 22 heavy (non-hydrogen) atoms. The first kappa shape index (κ1) is 16.5. The van der Waals surface area contributed by atoms with Crippen molar-refractivity contribution in [1.82, 2.24) is 0 Å². The third kappa shape index (κ3) is 3.86. The van der Waals surface area contributed by atoms with Gasteiger partial charge in [-0.2, -0.15) is 0 Å². The molecule has 2 atom stereocenters. The molecule has 0 aliphatic carbocycles. The van der Waals surface area contributed by atoms with Crippen LogP contribution in [0.2, 0.25) is 0 Å². The number of aryl methyl sites for hydroxylation is 1. The third-order valence-electron chi connectivity index (χ3n) is 4.55. The molecule has 2 aromatic rings. The zero-order valence-corrected chi connectivity index (χ0v) is 13.6. The molecule has 0 amide bonds. The molecule has 0 heterocycles. The molecule has 1 heteroatoms. The van der Waals surface area contributed by atoms with Gasteiger partial charge in [0.2, 0.25) is 0 Å². The maximum Gasteiger partial charge on any atom is 0.0933 e. The maximum atomic E-state index is 11.2. The molecule has 0 spiro atoms. The van der Waals surface area contributed by atoms with Crippen molar-refractivity contribution >= 4 is 0 Å². The Morgan fingerprint density at radius 1 is 1.05 bits per heavy atom. The molecule has 0 aliphatic rings. The molecule has 0 saturated carbocycles. The van der Waals surface area contributed by atoms with Crippen molar-refractivity contribution in [3.63, 3.8) is 0 Å². The van der Waals surface area contributed by atoms with Gasteiger partial charge in [-0.3, -0.25) is 0 Å². The Morgan fingerprint density at radius 2 is 1.59 bits per heavy atom. The second-order valence-corrected chi connectivity index (χ2v) is 6.10. The number of rotatable bonds is 7. The predicted molar refractivity (Wildman–Crippen MR) is 93.7 cm³/mol. The summed E-state index contributed by atoms with van der Waals surface area (Å²) >= 11 is 0. The van der Waals surface area contributed by atoms with Crippen LogP contribution >= 0.6 is 0 Å². The quantitative estimate of drug-likeness (QED) is 0.704. The molecule has 2 rings (SSSR count). The summed E-state index contributed by atoms with van der Waals surface area (Å²) < 4.78 is 0. The largest absolute Gasteiger partial charge is 0.385 e. The lowest BCUT2D eigenvalue weighted by molar-refractivity contribution is 0.00487. The highest BCUT2D eigenvalue weighted by Crippen LogP contribution is 2.37. The number of benzene rings is 2. The highest BCUT2D eigenvalue weighted by atomic mass is 16.3. The molecular formula is C21H26O. The van der Waals surface area contributed by atoms with Gasteiger partial charge in [-0.25, -0.2) is 0 Å². The molecule has 2 aromatic carbocycles. The van der Waals surface area contributed by atoms with Crippen molar-refractivity contribution in [3.8, 4) is 0 Å². The van der Waals surface area contributed by atoms with Crippen LogP contribution in [-0.4, -0.2) is 5.11 Å². The first-order valence-corrected chi connectivity index (χ1v) is 8.05. The smallest absolute Gasteiger partial charge is 0.0933 e. The van der Waals surface area contributed by atoms with Crippen LogP contribution in [0, 0.1) is 5.92 Å². The molecule has 0 saturated heterocycles. The lowest BCUT2D eigenvalue weighted by Gasteiger charge is -2.35. The molecule has 0 aromatic heterocycles. The monoisotopic (exact) mass is 294 g/mol. The highest BCUT2D eigenvalue weighted by Gasteiger charge is 2.34. The van der Waals surface area contributed by atoms with Gasteiger partial charge < -0.3 is 5.11 Å². The van der Waals surface area contributed by atoms with E-state index >= 15 is 0 Å². The number of hydrogen-bond donors (Lipinski definition) is 1. The lowest BCUT2D eigenvalue weighted by atomic mass is 9.75. The Kier molecular flexibility index (Phi) is 5.57. The maximum absolute atomic E-state index is 11.2. The van der Waals surface area contributed by atoms with E-state index in [9.17, 15) is 5.11 Å². The topological polar surface area (TPSA) is 20.2 Å². The fraction of sp³-hybridized carbons (Fsp3) is 0.333. The zero-order valence-electron chi connectivity index (χ0n) is 13.6. The van der Waals surface area contributed by atoms with Crippen LogP contribution < -0.4 is 0 Å². The van der Waals surface area contributed by atoms with E-state index < -0.39 is 5.60 Å². The van der Waals surface area contributed by atoms with Gasteiger partial charge in [-0.15, -0.1) is 0 Å². The minimum Gasteiger partial charge on any atom is -0.385 e. The molecule has 116 valence electrons. The molecule has 1 N–H and O–H groups in total. The predicted octanol–water partition coefficient (Wildman–Crippen LogP) is 5.11. The molecule has 0 aliphatic heterocycles. The summed E-state index contributed by atoms with van der Waals surface area (Å²) in [5.41, 5.74) is 2.50. The molecular weight excluding hydrogens is 268 g/mol. The van der Waals surface area contributed by atoms with Crippen molar-refractivity contribution in [3.05, 3.63) is 83.9 Å². The summed E-state index contributed by atoms with van der Waals surface area (Å²) in [4.78, 5) is 0. The average Bonchev–Trinajstić information content (AvgIpc) is 2.56. The number of aliphatic hydroxyl groups is 1. The van der Waals surface area contributed by atoms with Gasteiger partial charge in [0.15, 0.2) is 0 Å². The molecule has 0 fully saturated rings. The summed E-state index contributed by atoms with van der Waals surface area (Å²) in [6, 6.07) is 20.4. The van der Waals surface area contributed by atoms with Gasteiger partial charge in [0.25, 0.3) is 0 Å². The highest BCUT2D eigenvalue weighted by molar-refractivity contribution is 5.26. The van der Waals surface area contributed by atoms with E-state index in [0.29, 0.717) is 0 Å². The Morgan fingerprint density at radius 3 is 2.14 bits per heavy atom. The summed E-state index contributed by atoms with van der Waals surface area (Å²) in [5, 5.41) is 11.2. The van der Waals surface area contributed by atoms with E-state index in [1.807, 2.05) is 43.3 Å². The Bertz CT molecular complexity index is 584. The summed E-state index contributed by atoms with van der Waals surface area (Å²) in [6.45, 7) is 8.24. The van der Waals surface area contributed by atoms with E-state index in [1.54, 1.807) is 0 Å². The number of hydrogen-bond acceptors (Lipinski definition) is 1. The minimum atomic E-state index is -0.886. The fourth-order valence-electron chi connectivity index (χ4n) is 3.06. The molecule has 2 unspecified atom stereocenters. The van der Waals surface area contributed by atoms with Crippen molar-refractivity contribution in [2.24, 2.45) is 5.92 Å². The van der Waals surface area contributed by atoms with E-state index in [0.717, 1.165) is 30.4 Å². The Hall–Kier alpha value is -1.86. The lowest BCUT2D eigenvalue weighted by Crippen LogP contribution is -2.33. The van der Waals surface area contributed by atoms with Gasteiger partial charge in [0.05, 0.1) is 5.60 Å². The Balaban J connectivity index is 2.20.